The van der Waals surface area contributed by atoms with E-state index in [1.54, 1.807) is 11.9 Å². The molecule has 1 aromatic heterocycles. The summed E-state index contributed by atoms with van der Waals surface area (Å²) in [5, 5.41) is 8.30. The minimum absolute atomic E-state index is 0.0306. The number of nitrogens with zero attached hydrogens (tertiary/aromatic N) is 4. The van der Waals surface area contributed by atoms with Gasteiger partial charge in [0.15, 0.2) is 5.82 Å². The van der Waals surface area contributed by atoms with Gasteiger partial charge < -0.3 is 4.90 Å². The highest BCUT2D eigenvalue weighted by Gasteiger charge is 2.26. The van der Waals surface area contributed by atoms with Crippen LogP contribution in [0.1, 0.15) is 33.1 Å². The molecule has 1 aliphatic heterocycles. The molecule has 0 saturated heterocycles. The van der Waals surface area contributed by atoms with Crippen molar-refractivity contribution in [2.24, 2.45) is 0 Å². The van der Waals surface area contributed by atoms with E-state index in [1.165, 1.54) is 0 Å². The molecule has 0 bridgehead atoms. The lowest BCUT2D eigenvalue weighted by atomic mass is 10.0. The summed E-state index contributed by atoms with van der Waals surface area (Å²) in [6.07, 6.45) is 0. The van der Waals surface area contributed by atoms with Gasteiger partial charge in [0.2, 0.25) is 0 Å². The summed E-state index contributed by atoms with van der Waals surface area (Å²) in [4.78, 5) is 14.1. The SMILES string of the molecule is Cc1cc2c(cc1C)-n1c(C)nnc1CN(C)C2=O. The molecule has 0 unspecified atom stereocenters. The average Bonchev–Trinajstić information content (AvgIpc) is 2.68. The van der Waals surface area contributed by atoms with E-state index in [1.807, 2.05) is 37.5 Å². The average molecular weight is 256 g/mol. The Morgan fingerprint density at radius 2 is 1.79 bits per heavy atom. The summed E-state index contributed by atoms with van der Waals surface area (Å²) in [6, 6.07) is 4.00. The van der Waals surface area contributed by atoms with Crippen LogP contribution >= 0.6 is 0 Å². The first-order valence-corrected chi connectivity index (χ1v) is 6.27. The van der Waals surface area contributed by atoms with Crippen molar-refractivity contribution in [3.05, 3.63) is 40.5 Å². The van der Waals surface area contributed by atoms with E-state index >= 15 is 0 Å². The number of hydrogen-bond donors (Lipinski definition) is 0. The molecule has 5 heteroatoms. The molecule has 98 valence electrons. The molecule has 3 rings (SSSR count). The molecule has 19 heavy (non-hydrogen) atoms. The largest absolute Gasteiger partial charge is 0.334 e. The third-order valence-corrected chi connectivity index (χ3v) is 3.70. The van der Waals surface area contributed by atoms with Crippen LogP contribution < -0.4 is 0 Å². The summed E-state index contributed by atoms with van der Waals surface area (Å²) in [5.74, 6) is 1.64. The topological polar surface area (TPSA) is 51.0 Å². The minimum atomic E-state index is 0.0306. The lowest BCUT2D eigenvalue weighted by molar-refractivity contribution is 0.0786. The zero-order valence-electron chi connectivity index (χ0n) is 11.6. The number of carbonyl (C=O) groups excluding carboxylic acids is 1. The van der Waals surface area contributed by atoms with Crippen molar-refractivity contribution in [3.8, 4) is 5.69 Å². The predicted molar refractivity (Wildman–Crippen MR) is 71.4 cm³/mol. The fourth-order valence-electron chi connectivity index (χ4n) is 2.47. The standard InChI is InChI=1S/C14H16N4O/c1-8-5-11-12(6-9(8)2)18-10(3)15-16-13(18)7-17(4)14(11)19/h5-6H,7H2,1-4H3. The van der Waals surface area contributed by atoms with E-state index in [0.29, 0.717) is 12.1 Å². The zero-order chi connectivity index (χ0) is 13.7. The van der Waals surface area contributed by atoms with E-state index in [4.69, 9.17) is 0 Å². The normalized spacial score (nSPS) is 14.1. The first-order chi connectivity index (χ1) is 8.99. The molecule has 0 spiro atoms. The third-order valence-electron chi connectivity index (χ3n) is 3.70. The summed E-state index contributed by atoms with van der Waals surface area (Å²) >= 11 is 0. The molecule has 2 heterocycles. The molecule has 0 radical (unpaired) electrons. The number of amides is 1. The van der Waals surface area contributed by atoms with Crippen LogP contribution in [0.5, 0.6) is 0 Å². The van der Waals surface area contributed by atoms with E-state index in [2.05, 4.69) is 10.2 Å². The molecule has 0 N–H and O–H groups in total. The fourth-order valence-corrected chi connectivity index (χ4v) is 2.47. The molecule has 0 atom stereocenters. The lowest BCUT2D eigenvalue weighted by Crippen LogP contribution is -2.25. The maximum atomic E-state index is 12.4. The van der Waals surface area contributed by atoms with Crippen molar-refractivity contribution in [2.45, 2.75) is 27.3 Å². The van der Waals surface area contributed by atoms with Crippen LogP contribution in [0, 0.1) is 20.8 Å². The van der Waals surface area contributed by atoms with Crippen LogP contribution in [0.4, 0.5) is 0 Å². The molecular formula is C14H16N4O. The fraction of sp³-hybridized carbons (Fsp3) is 0.357. The lowest BCUT2D eigenvalue weighted by Gasteiger charge is -2.14. The highest BCUT2D eigenvalue weighted by Crippen LogP contribution is 2.26. The summed E-state index contributed by atoms with van der Waals surface area (Å²) < 4.78 is 1.98. The van der Waals surface area contributed by atoms with Crippen LogP contribution in [0.3, 0.4) is 0 Å². The van der Waals surface area contributed by atoms with Gasteiger partial charge in [-0.05, 0) is 44.0 Å². The van der Waals surface area contributed by atoms with Gasteiger partial charge in [-0.25, -0.2) is 0 Å². The molecule has 0 saturated carbocycles. The van der Waals surface area contributed by atoms with Crippen LogP contribution in [0.15, 0.2) is 12.1 Å². The minimum Gasteiger partial charge on any atom is -0.334 e. The maximum Gasteiger partial charge on any atom is 0.256 e. The highest BCUT2D eigenvalue weighted by molar-refractivity contribution is 5.98. The number of hydrogen-bond acceptors (Lipinski definition) is 3. The molecule has 1 aromatic carbocycles. The maximum absolute atomic E-state index is 12.4. The zero-order valence-corrected chi connectivity index (χ0v) is 11.6. The number of carbonyl (C=O) groups is 1. The summed E-state index contributed by atoms with van der Waals surface area (Å²) in [7, 11) is 1.79. The quantitative estimate of drug-likeness (QED) is 0.722. The van der Waals surface area contributed by atoms with Gasteiger partial charge >= 0.3 is 0 Å². The van der Waals surface area contributed by atoms with Gasteiger partial charge in [-0.3, -0.25) is 9.36 Å². The molecule has 0 fully saturated rings. The van der Waals surface area contributed by atoms with Gasteiger partial charge in [-0.2, -0.15) is 0 Å². The second-order valence-electron chi connectivity index (χ2n) is 5.11. The first-order valence-electron chi connectivity index (χ1n) is 6.27. The van der Waals surface area contributed by atoms with Crippen molar-refractivity contribution < 1.29 is 4.79 Å². The second-order valence-corrected chi connectivity index (χ2v) is 5.11. The van der Waals surface area contributed by atoms with Crippen molar-refractivity contribution in [1.29, 1.82) is 0 Å². The Morgan fingerprint density at radius 1 is 1.11 bits per heavy atom. The van der Waals surface area contributed by atoms with Gasteiger partial charge in [0, 0.05) is 7.05 Å². The van der Waals surface area contributed by atoms with Gasteiger partial charge in [0.1, 0.15) is 5.82 Å². The molecule has 2 aromatic rings. The van der Waals surface area contributed by atoms with Gasteiger partial charge in [-0.15, -0.1) is 10.2 Å². The Morgan fingerprint density at radius 3 is 2.53 bits per heavy atom. The van der Waals surface area contributed by atoms with Crippen molar-refractivity contribution in [3.63, 3.8) is 0 Å². The van der Waals surface area contributed by atoms with E-state index < -0.39 is 0 Å². The summed E-state index contributed by atoms with van der Waals surface area (Å²) in [5.41, 5.74) is 3.88. The van der Waals surface area contributed by atoms with Crippen LogP contribution in [0.2, 0.25) is 0 Å². The Kier molecular flexibility index (Phi) is 2.45. The number of fused-ring (bicyclic) bond motifs is 3. The van der Waals surface area contributed by atoms with Crippen molar-refractivity contribution >= 4 is 5.91 Å². The molecule has 1 aliphatic rings. The number of aromatic nitrogens is 3. The Labute approximate surface area is 111 Å². The first kappa shape index (κ1) is 11.9. The molecule has 5 nitrogen and oxygen atoms in total. The predicted octanol–water partition coefficient (Wildman–Crippen LogP) is 1.78. The monoisotopic (exact) mass is 256 g/mol. The van der Waals surface area contributed by atoms with Crippen LogP contribution in [0.25, 0.3) is 5.69 Å². The Hall–Kier alpha value is -2.17. The van der Waals surface area contributed by atoms with Gasteiger partial charge in [-0.1, -0.05) is 0 Å². The highest BCUT2D eigenvalue weighted by atomic mass is 16.2. The second kappa shape index (κ2) is 3.91. The van der Waals surface area contributed by atoms with Crippen molar-refractivity contribution in [1.82, 2.24) is 19.7 Å². The van der Waals surface area contributed by atoms with E-state index in [-0.39, 0.29) is 5.91 Å². The Bertz CT molecular complexity index is 687. The van der Waals surface area contributed by atoms with Gasteiger partial charge in [0.25, 0.3) is 5.91 Å². The van der Waals surface area contributed by atoms with Crippen LogP contribution in [-0.2, 0) is 6.54 Å². The summed E-state index contributed by atoms with van der Waals surface area (Å²) in [6.45, 7) is 6.46. The number of aryl methyl sites for hydroxylation is 3. The van der Waals surface area contributed by atoms with E-state index in [0.717, 1.165) is 28.5 Å². The van der Waals surface area contributed by atoms with Gasteiger partial charge in [0.05, 0.1) is 17.8 Å². The van der Waals surface area contributed by atoms with Crippen LogP contribution in [-0.4, -0.2) is 32.6 Å². The van der Waals surface area contributed by atoms with Crippen molar-refractivity contribution in [2.75, 3.05) is 7.05 Å². The molecule has 0 aliphatic carbocycles. The smallest absolute Gasteiger partial charge is 0.256 e. The molecule has 1 amide bonds. The number of rotatable bonds is 0. The third kappa shape index (κ3) is 1.65. The number of benzene rings is 1. The van der Waals surface area contributed by atoms with E-state index in [9.17, 15) is 4.79 Å². The Balaban J connectivity index is 2.38. The molecular weight excluding hydrogens is 240 g/mol.